The van der Waals surface area contributed by atoms with E-state index in [2.05, 4.69) is 10.4 Å². The maximum atomic E-state index is 13.4. The average molecular weight is 549 g/mol. The van der Waals surface area contributed by atoms with E-state index < -0.39 is 11.2 Å². The Labute approximate surface area is 227 Å². The first-order chi connectivity index (χ1) is 18.3. The summed E-state index contributed by atoms with van der Waals surface area (Å²) in [4.78, 5) is 44.0. The highest BCUT2D eigenvalue weighted by Crippen LogP contribution is 2.34. The molecular formula is C26H24N6O4S2. The molecule has 0 saturated carbocycles. The summed E-state index contributed by atoms with van der Waals surface area (Å²) in [5.74, 6) is 0.489. The molecule has 0 unspecified atom stereocenters. The van der Waals surface area contributed by atoms with E-state index in [0.29, 0.717) is 23.6 Å². The molecule has 194 valence electrons. The Morgan fingerprint density at radius 3 is 2.47 bits per heavy atom. The van der Waals surface area contributed by atoms with E-state index in [-0.39, 0.29) is 27.3 Å². The molecular weight excluding hydrogens is 524 g/mol. The molecule has 0 atom stereocenters. The lowest BCUT2D eigenvalue weighted by atomic mass is 10.1. The van der Waals surface area contributed by atoms with Gasteiger partial charge in [-0.15, -0.1) is 0 Å². The van der Waals surface area contributed by atoms with Crippen molar-refractivity contribution >= 4 is 57.4 Å². The number of hydrogen-bond donors (Lipinski definition) is 1. The van der Waals surface area contributed by atoms with Gasteiger partial charge in [-0.25, -0.2) is 4.79 Å². The van der Waals surface area contributed by atoms with Crippen molar-refractivity contribution in [2.75, 3.05) is 12.5 Å². The quantitative estimate of drug-likeness (QED) is 0.278. The van der Waals surface area contributed by atoms with Crippen molar-refractivity contribution in [3.63, 3.8) is 0 Å². The number of aromatic nitrogens is 4. The number of hydrogen-bond acceptors (Lipinski definition) is 8. The van der Waals surface area contributed by atoms with Gasteiger partial charge in [0.15, 0.2) is 15.5 Å². The number of hydrazine groups is 1. The Hall–Kier alpha value is -4.16. The first kappa shape index (κ1) is 25.5. The summed E-state index contributed by atoms with van der Waals surface area (Å²) >= 11 is 6.65. The summed E-state index contributed by atoms with van der Waals surface area (Å²) in [6.07, 6.45) is 2.32. The number of fused-ring (bicyclic) bond motifs is 1. The van der Waals surface area contributed by atoms with Gasteiger partial charge in [0.25, 0.3) is 11.5 Å². The van der Waals surface area contributed by atoms with E-state index in [1.807, 2.05) is 54.6 Å². The third-order valence-corrected chi connectivity index (χ3v) is 7.55. The van der Waals surface area contributed by atoms with Gasteiger partial charge in [-0.05, 0) is 36.3 Å². The van der Waals surface area contributed by atoms with Crippen molar-refractivity contribution in [1.82, 2.24) is 23.7 Å². The Morgan fingerprint density at radius 1 is 1.03 bits per heavy atom. The number of anilines is 1. The van der Waals surface area contributed by atoms with Crippen LogP contribution in [0.25, 0.3) is 17.2 Å². The number of methoxy groups -OCH3 is 1. The minimum absolute atomic E-state index is 0.212. The molecule has 2 aromatic carbocycles. The molecule has 1 N–H and O–H groups in total. The number of aryl methyl sites for hydroxylation is 3. The van der Waals surface area contributed by atoms with Gasteiger partial charge in [0.2, 0.25) is 5.95 Å². The topological polar surface area (TPSA) is 103 Å². The highest BCUT2D eigenvalue weighted by atomic mass is 32.2. The zero-order valence-corrected chi connectivity index (χ0v) is 22.5. The van der Waals surface area contributed by atoms with Gasteiger partial charge >= 0.3 is 5.69 Å². The van der Waals surface area contributed by atoms with E-state index in [1.54, 1.807) is 24.8 Å². The molecule has 1 aliphatic rings. The molecule has 10 nitrogen and oxygen atoms in total. The zero-order chi connectivity index (χ0) is 27.0. The van der Waals surface area contributed by atoms with Crippen molar-refractivity contribution in [3.8, 4) is 5.75 Å². The standard InChI is InChI=1S/C26H24N6O4S2/c1-29-21-20(23(34)30(2)25(29)35)31(14-13-16-9-5-4-6-10-16)24(27-21)28-32-22(33)19(38-26(32)37)15-17-11-7-8-12-18(17)36-3/h4-12,15H,13-14H2,1-3H3,(H,27,28)/b19-15+. The van der Waals surface area contributed by atoms with Gasteiger partial charge in [-0.3, -0.25) is 24.1 Å². The molecule has 5 rings (SSSR count). The van der Waals surface area contributed by atoms with Crippen LogP contribution >= 0.6 is 24.0 Å². The SMILES string of the molecule is COc1ccccc1/C=C1/SC(=S)N(Nc2nc3c(c(=O)n(C)c(=O)n3C)n2CCc2ccccc2)C1=O. The average Bonchev–Trinajstić information content (AvgIpc) is 3.42. The van der Waals surface area contributed by atoms with E-state index in [1.165, 1.54) is 16.6 Å². The highest BCUT2D eigenvalue weighted by molar-refractivity contribution is 8.26. The van der Waals surface area contributed by atoms with Crippen LogP contribution in [0.15, 0.2) is 69.1 Å². The molecule has 1 amide bonds. The number of imidazole rings is 1. The summed E-state index contributed by atoms with van der Waals surface area (Å²) in [5.41, 5.74) is 4.31. The summed E-state index contributed by atoms with van der Waals surface area (Å²) in [6.45, 7) is 0.377. The second-order valence-corrected chi connectivity index (χ2v) is 10.2. The van der Waals surface area contributed by atoms with Crippen molar-refractivity contribution in [3.05, 3.63) is 91.5 Å². The van der Waals surface area contributed by atoms with Crippen LogP contribution in [0.2, 0.25) is 0 Å². The molecule has 0 bridgehead atoms. The second kappa shape index (κ2) is 10.3. The number of ether oxygens (including phenoxy) is 1. The van der Waals surface area contributed by atoms with Crippen molar-refractivity contribution < 1.29 is 9.53 Å². The van der Waals surface area contributed by atoms with Gasteiger partial charge in [0.1, 0.15) is 5.75 Å². The molecule has 1 saturated heterocycles. The van der Waals surface area contributed by atoms with Gasteiger partial charge in [-0.2, -0.15) is 9.99 Å². The van der Waals surface area contributed by atoms with Crippen LogP contribution in [-0.2, 0) is 31.9 Å². The number of nitrogens with one attached hydrogen (secondary N) is 1. The number of amides is 1. The highest BCUT2D eigenvalue weighted by Gasteiger charge is 2.34. The molecule has 1 fully saturated rings. The van der Waals surface area contributed by atoms with E-state index in [4.69, 9.17) is 17.0 Å². The van der Waals surface area contributed by atoms with Crippen LogP contribution in [0.5, 0.6) is 5.75 Å². The third-order valence-electron chi connectivity index (χ3n) is 6.25. The van der Waals surface area contributed by atoms with Gasteiger partial charge in [-0.1, -0.05) is 60.3 Å². The third kappa shape index (κ3) is 4.52. The Bertz CT molecular complexity index is 1720. The fourth-order valence-electron chi connectivity index (χ4n) is 4.23. The number of thioether (sulfide) groups is 1. The number of rotatable bonds is 7. The number of carbonyl (C=O) groups excluding carboxylic acids is 1. The lowest BCUT2D eigenvalue weighted by Gasteiger charge is -2.17. The molecule has 0 spiro atoms. The van der Waals surface area contributed by atoms with Crippen LogP contribution in [0, 0.1) is 0 Å². The predicted octanol–water partition coefficient (Wildman–Crippen LogP) is 2.91. The minimum atomic E-state index is -0.493. The number of benzene rings is 2. The number of para-hydroxylation sites is 1. The first-order valence-electron chi connectivity index (χ1n) is 11.7. The van der Waals surface area contributed by atoms with Gasteiger partial charge in [0.05, 0.1) is 12.0 Å². The van der Waals surface area contributed by atoms with E-state index in [0.717, 1.165) is 27.5 Å². The molecule has 1 aliphatic heterocycles. The summed E-state index contributed by atoms with van der Waals surface area (Å²) < 4.78 is 9.72. The fraction of sp³-hybridized carbons (Fsp3) is 0.192. The Balaban J connectivity index is 1.54. The number of nitrogens with zero attached hydrogens (tertiary/aromatic N) is 5. The minimum Gasteiger partial charge on any atom is -0.496 e. The van der Waals surface area contributed by atoms with E-state index in [9.17, 15) is 14.4 Å². The van der Waals surface area contributed by atoms with Gasteiger partial charge < -0.3 is 9.30 Å². The van der Waals surface area contributed by atoms with Crippen LogP contribution in [-0.4, -0.2) is 41.0 Å². The smallest absolute Gasteiger partial charge is 0.332 e. The molecule has 38 heavy (non-hydrogen) atoms. The van der Waals surface area contributed by atoms with Crippen molar-refractivity contribution in [2.24, 2.45) is 14.1 Å². The summed E-state index contributed by atoms with van der Waals surface area (Å²) in [7, 11) is 4.55. The number of thiocarbonyl (C=S) groups is 1. The maximum Gasteiger partial charge on any atom is 0.332 e. The molecule has 3 heterocycles. The zero-order valence-electron chi connectivity index (χ0n) is 20.9. The van der Waals surface area contributed by atoms with Crippen molar-refractivity contribution in [2.45, 2.75) is 13.0 Å². The van der Waals surface area contributed by atoms with E-state index >= 15 is 0 Å². The lowest BCUT2D eigenvalue weighted by Crippen LogP contribution is -2.37. The van der Waals surface area contributed by atoms with Gasteiger partial charge in [0, 0.05) is 26.2 Å². The van der Waals surface area contributed by atoms with Crippen LogP contribution in [0.1, 0.15) is 11.1 Å². The lowest BCUT2D eigenvalue weighted by molar-refractivity contribution is -0.121. The van der Waals surface area contributed by atoms with Crippen LogP contribution in [0.3, 0.4) is 0 Å². The molecule has 12 heteroatoms. The monoisotopic (exact) mass is 548 g/mol. The maximum absolute atomic E-state index is 13.4. The normalized spacial score (nSPS) is 14.6. The summed E-state index contributed by atoms with van der Waals surface area (Å²) in [6, 6.07) is 17.2. The van der Waals surface area contributed by atoms with Crippen LogP contribution < -0.4 is 21.4 Å². The van der Waals surface area contributed by atoms with Crippen molar-refractivity contribution in [1.29, 1.82) is 0 Å². The second-order valence-electron chi connectivity index (χ2n) is 8.57. The first-order valence-corrected chi connectivity index (χ1v) is 12.9. The number of carbonyl (C=O) groups is 1. The van der Waals surface area contributed by atoms with Crippen LogP contribution in [0.4, 0.5) is 5.95 Å². The molecule has 0 aliphatic carbocycles. The summed E-state index contributed by atoms with van der Waals surface area (Å²) in [5, 5.41) is 1.23. The largest absolute Gasteiger partial charge is 0.496 e. The Morgan fingerprint density at radius 2 is 1.74 bits per heavy atom. The fourth-order valence-corrected chi connectivity index (χ4v) is 5.40. The molecule has 4 aromatic rings. The molecule has 0 radical (unpaired) electrons. The molecule has 2 aromatic heterocycles. The predicted molar refractivity (Wildman–Crippen MR) is 152 cm³/mol. The Kier molecular flexibility index (Phi) is 6.91.